The molecular formula is C30H22Cl3N3O3S. The quantitative estimate of drug-likeness (QED) is 0.133. The molecular weight excluding hydrogens is 589 g/mol. The predicted molar refractivity (Wildman–Crippen MR) is 164 cm³/mol. The van der Waals surface area contributed by atoms with E-state index in [1.54, 1.807) is 97.1 Å². The highest BCUT2D eigenvalue weighted by Crippen LogP contribution is 2.24. The summed E-state index contributed by atoms with van der Waals surface area (Å²) in [5, 5.41) is 9.64. The largest absolute Gasteiger partial charge is 0.325 e. The number of nitrogens with one attached hydrogen (secondary N) is 3. The fourth-order valence-corrected chi connectivity index (χ4v) is 4.72. The van der Waals surface area contributed by atoms with Crippen LogP contribution in [0.3, 0.4) is 0 Å². The molecule has 0 atom stereocenters. The van der Waals surface area contributed by atoms with Gasteiger partial charge in [0.25, 0.3) is 11.8 Å². The van der Waals surface area contributed by atoms with Gasteiger partial charge in [-0.1, -0.05) is 59.1 Å². The second-order valence-corrected chi connectivity index (χ2v) is 10.7. The van der Waals surface area contributed by atoms with Crippen LogP contribution in [0, 0.1) is 0 Å². The molecule has 0 spiro atoms. The van der Waals surface area contributed by atoms with Crippen molar-refractivity contribution in [3.63, 3.8) is 0 Å². The van der Waals surface area contributed by atoms with E-state index in [1.807, 2.05) is 0 Å². The van der Waals surface area contributed by atoms with Gasteiger partial charge in [0.2, 0.25) is 5.91 Å². The molecule has 4 rings (SSSR count). The van der Waals surface area contributed by atoms with E-state index in [0.717, 1.165) is 4.90 Å². The van der Waals surface area contributed by atoms with Crippen molar-refractivity contribution in [2.24, 2.45) is 0 Å². The zero-order chi connectivity index (χ0) is 28.5. The monoisotopic (exact) mass is 609 g/mol. The zero-order valence-electron chi connectivity index (χ0n) is 20.8. The zero-order valence-corrected chi connectivity index (χ0v) is 23.9. The lowest BCUT2D eigenvalue weighted by molar-refractivity contribution is -0.114. The molecule has 202 valence electrons. The second kappa shape index (κ2) is 14.1. The topological polar surface area (TPSA) is 87.3 Å². The normalized spacial score (nSPS) is 11.0. The SMILES string of the molecule is O=C(CSc1ccc(NC(=O)/C(=C/c2ccc(Cl)cc2Cl)NC(=O)c2ccccc2)cc1)Nc1ccc(Cl)cc1. The third-order valence-corrected chi connectivity index (χ3v) is 7.23. The molecule has 0 aliphatic rings. The first-order valence-corrected chi connectivity index (χ1v) is 14.0. The predicted octanol–water partition coefficient (Wildman–Crippen LogP) is 7.79. The van der Waals surface area contributed by atoms with E-state index in [9.17, 15) is 14.4 Å². The number of carbonyl (C=O) groups is 3. The molecule has 0 unspecified atom stereocenters. The van der Waals surface area contributed by atoms with Crippen LogP contribution < -0.4 is 16.0 Å². The van der Waals surface area contributed by atoms with E-state index < -0.39 is 11.8 Å². The standard InChI is InChI=1S/C30H22Cl3N3O3S/c31-21-8-10-23(11-9-21)34-28(37)18-40-25-14-12-24(13-15-25)35-30(39)27(16-20-6-7-22(32)17-26(20)33)36-29(38)19-4-2-1-3-5-19/h1-17H,18H2,(H,34,37)(H,35,39)(H,36,38)/b27-16-. The number of carbonyl (C=O) groups excluding carboxylic acids is 3. The maximum Gasteiger partial charge on any atom is 0.272 e. The Kier molecular flexibility index (Phi) is 10.3. The Hall–Kier alpha value is -3.75. The first-order valence-electron chi connectivity index (χ1n) is 11.9. The summed E-state index contributed by atoms with van der Waals surface area (Å²) >= 11 is 19.5. The Morgan fingerprint density at radius 2 is 1.35 bits per heavy atom. The van der Waals surface area contributed by atoms with Gasteiger partial charge in [-0.25, -0.2) is 0 Å². The van der Waals surface area contributed by atoms with Gasteiger partial charge >= 0.3 is 0 Å². The van der Waals surface area contributed by atoms with E-state index >= 15 is 0 Å². The van der Waals surface area contributed by atoms with E-state index in [-0.39, 0.29) is 17.4 Å². The van der Waals surface area contributed by atoms with Gasteiger partial charge in [0.15, 0.2) is 0 Å². The Morgan fingerprint density at radius 1 is 0.725 bits per heavy atom. The summed E-state index contributed by atoms with van der Waals surface area (Å²) in [5.74, 6) is -0.947. The van der Waals surface area contributed by atoms with Crippen LogP contribution >= 0.6 is 46.6 Å². The highest BCUT2D eigenvalue weighted by Gasteiger charge is 2.16. The average molecular weight is 611 g/mol. The number of hydrogen-bond donors (Lipinski definition) is 3. The van der Waals surface area contributed by atoms with Crippen molar-refractivity contribution in [2.75, 3.05) is 16.4 Å². The Morgan fingerprint density at radius 3 is 2.02 bits per heavy atom. The van der Waals surface area contributed by atoms with Crippen LogP contribution in [0.5, 0.6) is 0 Å². The van der Waals surface area contributed by atoms with Crippen molar-refractivity contribution in [3.8, 4) is 0 Å². The minimum atomic E-state index is -0.543. The van der Waals surface area contributed by atoms with E-state index in [1.165, 1.54) is 17.8 Å². The van der Waals surface area contributed by atoms with Crippen LogP contribution in [0.2, 0.25) is 15.1 Å². The van der Waals surface area contributed by atoms with Crippen molar-refractivity contribution in [1.82, 2.24) is 5.32 Å². The summed E-state index contributed by atoms with van der Waals surface area (Å²) in [6.07, 6.45) is 1.48. The van der Waals surface area contributed by atoms with Gasteiger partial charge in [0.1, 0.15) is 5.70 Å². The average Bonchev–Trinajstić information content (AvgIpc) is 2.95. The molecule has 40 heavy (non-hydrogen) atoms. The van der Waals surface area contributed by atoms with Gasteiger partial charge in [-0.3, -0.25) is 14.4 Å². The second-order valence-electron chi connectivity index (χ2n) is 8.37. The summed E-state index contributed by atoms with van der Waals surface area (Å²) in [6, 6.07) is 27.3. The van der Waals surface area contributed by atoms with E-state index in [0.29, 0.717) is 37.6 Å². The number of halogens is 3. The van der Waals surface area contributed by atoms with Crippen molar-refractivity contribution in [3.05, 3.63) is 129 Å². The molecule has 4 aromatic carbocycles. The van der Waals surface area contributed by atoms with Gasteiger partial charge in [-0.2, -0.15) is 0 Å². The Labute approximate surface area is 250 Å². The maximum absolute atomic E-state index is 13.2. The van der Waals surface area contributed by atoms with Gasteiger partial charge in [-0.15, -0.1) is 11.8 Å². The summed E-state index contributed by atoms with van der Waals surface area (Å²) in [6.45, 7) is 0. The van der Waals surface area contributed by atoms with Crippen LogP contribution in [0.1, 0.15) is 15.9 Å². The van der Waals surface area contributed by atoms with Crippen LogP contribution in [0.25, 0.3) is 6.08 Å². The number of anilines is 2. The summed E-state index contributed by atoms with van der Waals surface area (Å²) < 4.78 is 0. The Bertz CT molecular complexity index is 1540. The van der Waals surface area contributed by atoms with Crippen molar-refractivity contribution < 1.29 is 14.4 Å². The molecule has 0 saturated carbocycles. The Balaban J connectivity index is 1.42. The van der Waals surface area contributed by atoms with E-state index in [2.05, 4.69) is 16.0 Å². The molecule has 0 heterocycles. The molecule has 3 amide bonds. The molecule has 0 saturated heterocycles. The molecule has 0 fully saturated rings. The van der Waals surface area contributed by atoms with Crippen LogP contribution in [-0.4, -0.2) is 23.5 Å². The fraction of sp³-hybridized carbons (Fsp3) is 0.0333. The minimum absolute atomic E-state index is 0.00426. The fourth-order valence-electron chi connectivity index (χ4n) is 3.43. The molecule has 0 aromatic heterocycles. The highest BCUT2D eigenvalue weighted by molar-refractivity contribution is 8.00. The molecule has 0 aliphatic carbocycles. The van der Waals surface area contributed by atoms with Gasteiger partial charge < -0.3 is 16.0 Å². The molecule has 3 N–H and O–H groups in total. The third-order valence-electron chi connectivity index (χ3n) is 5.40. The third kappa shape index (κ3) is 8.63. The van der Waals surface area contributed by atoms with Crippen LogP contribution in [-0.2, 0) is 9.59 Å². The molecule has 6 nitrogen and oxygen atoms in total. The number of thioether (sulfide) groups is 1. The summed E-state index contributed by atoms with van der Waals surface area (Å²) in [4.78, 5) is 39.1. The van der Waals surface area contributed by atoms with Crippen molar-refractivity contribution in [1.29, 1.82) is 0 Å². The van der Waals surface area contributed by atoms with Crippen molar-refractivity contribution in [2.45, 2.75) is 4.90 Å². The van der Waals surface area contributed by atoms with Crippen LogP contribution in [0.4, 0.5) is 11.4 Å². The molecule has 10 heteroatoms. The molecule has 0 bridgehead atoms. The lowest BCUT2D eigenvalue weighted by Gasteiger charge is -2.12. The number of amides is 3. The molecule has 0 aliphatic heterocycles. The summed E-state index contributed by atoms with van der Waals surface area (Å²) in [5.41, 5.74) is 2.06. The minimum Gasteiger partial charge on any atom is -0.325 e. The smallest absolute Gasteiger partial charge is 0.272 e. The summed E-state index contributed by atoms with van der Waals surface area (Å²) in [7, 11) is 0. The van der Waals surface area contributed by atoms with Crippen LogP contribution in [0.15, 0.2) is 108 Å². The maximum atomic E-state index is 13.2. The number of hydrogen-bond acceptors (Lipinski definition) is 4. The van der Waals surface area contributed by atoms with E-state index in [4.69, 9.17) is 34.8 Å². The highest BCUT2D eigenvalue weighted by atomic mass is 35.5. The van der Waals surface area contributed by atoms with Gasteiger partial charge in [-0.05, 0) is 84.4 Å². The lowest BCUT2D eigenvalue weighted by Crippen LogP contribution is -2.30. The number of benzene rings is 4. The van der Waals surface area contributed by atoms with Crippen molar-refractivity contribution >= 4 is 81.7 Å². The lowest BCUT2D eigenvalue weighted by atomic mass is 10.1. The molecule has 4 aromatic rings. The first kappa shape index (κ1) is 29.2. The first-order chi connectivity index (χ1) is 19.3. The van der Waals surface area contributed by atoms with Gasteiger partial charge in [0.05, 0.1) is 5.75 Å². The molecule has 0 radical (unpaired) electrons. The van der Waals surface area contributed by atoms with Gasteiger partial charge in [0, 0.05) is 36.9 Å². The number of rotatable bonds is 9.